The number of hydrogen-bond acceptors (Lipinski definition) is 2. The van der Waals surface area contributed by atoms with Crippen LogP contribution in [0.25, 0.3) is 0 Å². The summed E-state index contributed by atoms with van der Waals surface area (Å²) in [4.78, 5) is 0. The standard InChI is InChI=1S/C15H10Br3ClO2/c16-8-1-2-11(17)9(5-8)15(19)10-6-13-14(7-12(10)18)21-4-3-20-13/h1-2,5-7,15H,3-4H2. The zero-order valence-corrected chi connectivity index (χ0v) is 16.2. The Balaban J connectivity index is 2.05. The molecule has 110 valence electrons. The van der Waals surface area contributed by atoms with Gasteiger partial charge in [-0.3, -0.25) is 0 Å². The fourth-order valence-electron chi connectivity index (χ4n) is 2.15. The van der Waals surface area contributed by atoms with Crippen molar-refractivity contribution in [3.63, 3.8) is 0 Å². The molecule has 1 aliphatic rings. The highest BCUT2D eigenvalue weighted by molar-refractivity contribution is 9.11. The van der Waals surface area contributed by atoms with Crippen LogP contribution in [0.2, 0.25) is 0 Å². The molecule has 0 spiro atoms. The Kier molecular flexibility index (Phi) is 4.84. The van der Waals surface area contributed by atoms with Crippen molar-refractivity contribution in [2.45, 2.75) is 5.38 Å². The minimum Gasteiger partial charge on any atom is -0.486 e. The molecule has 0 radical (unpaired) electrons. The number of halogens is 4. The van der Waals surface area contributed by atoms with Crippen LogP contribution in [0.5, 0.6) is 11.5 Å². The highest BCUT2D eigenvalue weighted by Crippen LogP contribution is 2.43. The van der Waals surface area contributed by atoms with E-state index in [2.05, 4.69) is 47.8 Å². The summed E-state index contributed by atoms with van der Waals surface area (Å²) in [5, 5.41) is -0.304. The van der Waals surface area contributed by atoms with E-state index in [1.165, 1.54) is 0 Å². The van der Waals surface area contributed by atoms with Crippen molar-refractivity contribution in [3.8, 4) is 11.5 Å². The average molecular weight is 497 g/mol. The smallest absolute Gasteiger partial charge is 0.162 e. The van der Waals surface area contributed by atoms with Gasteiger partial charge in [0.1, 0.15) is 13.2 Å². The van der Waals surface area contributed by atoms with Crippen molar-refractivity contribution in [3.05, 3.63) is 54.9 Å². The van der Waals surface area contributed by atoms with Gasteiger partial charge >= 0.3 is 0 Å². The van der Waals surface area contributed by atoms with Crippen LogP contribution >= 0.6 is 59.4 Å². The third kappa shape index (κ3) is 3.26. The Morgan fingerprint density at radius 1 is 0.857 bits per heavy atom. The molecule has 0 saturated carbocycles. The average Bonchev–Trinajstić information content (AvgIpc) is 2.48. The van der Waals surface area contributed by atoms with Gasteiger partial charge < -0.3 is 9.47 Å². The van der Waals surface area contributed by atoms with E-state index in [1.807, 2.05) is 30.3 Å². The van der Waals surface area contributed by atoms with Gasteiger partial charge in [0.15, 0.2) is 11.5 Å². The molecule has 1 aliphatic heterocycles. The number of benzene rings is 2. The van der Waals surface area contributed by atoms with E-state index in [0.29, 0.717) is 13.2 Å². The van der Waals surface area contributed by atoms with Gasteiger partial charge in [-0.1, -0.05) is 47.8 Å². The molecule has 6 heteroatoms. The maximum absolute atomic E-state index is 6.68. The summed E-state index contributed by atoms with van der Waals surface area (Å²) in [7, 11) is 0. The van der Waals surface area contributed by atoms with Crippen molar-refractivity contribution in [1.82, 2.24) is 0 Å². The van der Waals surface area contributed by atoms with Gasteiger partial charge in [-0.05, 0) is 41.5 Å². The van der Waals surface area contributed by atoms with E-state index in [4.69, 9.17) is 21.1 Å². The zero-order chi connectivity index (χ0) is 15.0. The van der Waals surface area contributed by atoms with Crippen molar-refractivity contribution in [2.75, 3.05) is 13.2 Å². The molecule has 21 heavy (non-hydrogen) atoms. The second-order valence-electron chi connectivity index (χ2n) is 4.55. The SMILES string of the molecule is ClC(c1cc(Br)ccc1Br)c1cc2c(cc1Br)OCCO2. The number of alkyl halides is 1. The Morgan fingerprint density at radius 2 is 1.48 bits per heavy atom. The van der Waals surface area contributed by atoms with Crippen molar-refractivity contribution < 1.29 is 9.47 Å². The number of hydrogen-bond donors (Lipinski definition) is 0. The molecule has 1 atom stereocenters. The normalized spacial score (nSPS) is 14.9. The van der Waals surface area contributed by atoms with Gasteiger partial charge in [-0.25, -0.2) is 0 Å². The second kappa shape index (κ2) is 6.49. The lowest BCUT2D eigenvalue weighted by molar-refractivity contribution is 0.171. The van der Waals surface area contributed by atoms with Crippen molar-refractivity contribution in [1.29, 1.82) is 0 Å². The highest BCUT2D eigenvalue weighted by Gasteiger charge is 2.21. The molecule has 1 unspecified atom stereocenters. The van der Waals surface area contributed by atoms with E-state index in [9.17, 15) is 0 Å². The maximum atomic E-state index is 6.68. The largest absolute Gasteiger partial charge is 0.486 e. The van der Waals surface area contributed by atoms with Crippen molar-refractivity contribution >= 4 is 59.4 Å². The van der Waals surface area contributed by atoms with Crippen LogP contribution in [-0.4, -0.2) is 13.2 Å². The van der Waals surface area contributed by atoms with Gasteiger partial charge in [-0.15, -0.1) is 11.6 Å². The van der Waals surface area contributed by atoms with E-state index >= 15 is 0 Å². The van der Waals surface area contributed by atoms with Gasteiger partial charge in [0.25, 0.3) is 0 Å². The molecular formula is C15H10Br3ClO2. The lowest BCUT2D eigenvalue weighted by Crippen LogP contribution is -2.15. The molecule has 1 heterocycles. The van der Waals surface area contributed by atoms with Crippen LogP contribution in [-0.2, 0) is 0 Å². The van der Waals surface area contributed by atoms with Crippen LogP contribution in [0, 0.1) is 0 Å². The molecular weight excluding hydrogens is 487 g/mol. The van der Waals surface area contributed by atoms with E-state index in [1.54, 1.807) is 0 Å². The van der Waals surface area contributed by atoms with Crippen LogP contribution in [0.3, 0.4) is 0 Å². The summed E-state index contributed by atoms with van der Waals surface area (Å²) >= 11 is 17.3. The summed E-state index contributed by atoms with van der Waals surface area (Å²) in [6, 6.07) is 9.79. The van der Waals surface area contributed by atoms with E-state index in [-0.39, 0.29) is 5.38 Å². The first-order chi connectivity index (χ1) is 10.1. The molecule has 0 bridgehead atoms. The predicted molar refractivity (Wildman–Crippen MR) is 94.7 cm³/mol. The minimum atomic E-state index is -0.304. The Morgan fingerprint density at radius 3 is 2.19 bits per heavy atom. The fraction of sp³-hybridized carbons (Fsp3) is 0.200. The lowest BCUT2D eigenvalue weighted by atomic mass is 10.0. The summed E-state index contributed by atoms with van der Waals surface area (Å²) in [6.45, 7) is 1.13. The number of rotatable bonds is 2. The van der Waals surface area contributed by atoms with Gasteiger partial charge in [-0.2, -0.15) is 0 Å². The first kappa shape index (κ1) is 15.7. The van der Waals surface area contributed by atoms with Gasteiger partial charge in [0.2, 0.25) is 0 Å². The second-order valence-corrected chi connectivity index (χ2v) is 7.61. The monoisotopic (exact) mass is 494 g/mol. The van der Waals surface area contributed by atoms with Gasteiger partial charge in [0, 0.05) is 13.4 Å². The third-order valence-electron chi connectivity index (χ3n) is 3.17. The molecule has 0 aromatic heterocycles. The van der Waals surface area contributed by atoms with E-state index in [0.717, 1.165) is 36.0 Å². The molecule has 2 aromatic rings. The quantitative estimate of drug-likeness (QED) is 0.469. The molecule has 0 amide bonds. The molecule has 0 saturated heterocycles. The van der Waals surface area contributed by atoms with Gasteiger partial charge in [0.05, 0.1) is 5.38 Å². The van der Waals surface area contributed by atoms with Crippen LogP contribution < -0.4 is 9.47 Å². The lowest BCUT2D eigenvalue weighted by Gasteiger charge is -2.22. The zero-order valence-electron chi connectivity index (χ0n) is 10.7. The topological polar surface area (TPSA) is 18.5 Å². The summed E-state index contributed by atoms with van der Waals surface area (Å²) in [5.41, 5.74) is 1.93. The van der Waals surface area contributed by atoms with Crippen LogP contribution in [0.1, 0.15) is 16.5 Å². The fourth-order valence-corrected chi connectivity index (χ4v) is 4.18. The first-order valence-corrected chi connectivity index (χ1v) is 9.06. The maximum Gasteiger partial charge on any atom is 0.162 e. The summed E-state index contributed by atoms with van der Waals surface area (Å²) in [6.07, 6.45) is 0. The van der Waals surface area contributed by atoms with Crippen LogP contribution in [0.15, 0.2) is 43.7 Å². The minimum absolute atomic E-state index is 0.304. The Bertz CT molecular complexity index is 691. The molecule has 2 aromatic carbocycles. The molecule has 2 nitrogen and oxygen atoms in total. The molecule has 0 aliphatic carbocycles. The Hall–Kier alpha value is -0.230. The molecule has 0 fully saturated rings. The van der Waals surface area contributed by atoms with Crippen LogP contribution in [0.4, 0.5) is 0 Å². The first-order valence-electron chi connectivity index (χ1n) is 6.24. The third-order valence-corrected chi connectivity index (χ3v) is 5.54. The molecule has 3 rings (SSSR count). The van der Waals surface area contributed by atoms with Crippen molar-refractivity contribution in [2.24, 2.45) is 0 Å². The number of fused-ring (bicyclic) bond motifs is 1. The summed E-state index contributed by atoms with van der Waals surface area (Å²) < 4.78 is 14.1. The Labute approximate surface area is 153 Å². The van der Waals surface area contributed by atoms with E-state index < -0.39 is 0 Å². The predicted octanol–water partition coefficient (Wildman–Crippen LogP) is 6.07. The number of ether oxygens (including phenoxy) is 2. The molecule has 0 N–H and O–H groups in total. The highest BCUT2D eigenvalue weighted by atomic mass is 79.9. The summed E-state index contributed by atoms with van der Waals surface area (Å²) in [5.74, 6) is 1.48.